The highest BCUT2D eigenvalue weighted by molar-refractivity contribution is 7.98. The van der Waals surface area contributed by atoms with Crippen molar-refractivity contribution < 1.29 is 4.79 Å². The molecular weight excluding hydrogens is 288 g/mol. The molecule has 0 spiro atoms. The Bertz CT molecular complexity index is 423. The normalized spacial score (nSPS) is 11.8. The molecule has 1 unspecified atom stereocenters. The Balaban J connectivity index is 2.44. The van der Waals surface area contributed by atoms with E-state index in [0.717, 1.165) is 18.4 Å². The molecule has 110 valence electrons. The lowest BCUT2D eigenvalue weighted by atomic mass is 9.98. The number of hydrogen-bond donors (Lipinski definition) is 2. The molecule has 0 bridgehead atoms. The summed E-state index contributed by atoms with van der Waals surface area (Å²) in [6, 6.07) is 9.43. The summed E-state index contributed by atoms with van der Waals surface area (Å²) in [7, 11) is 0. The highest BCUT2D eigenvalue weighted by atomic mass is 32.2. The fraction of sp³-hybridized carbons (Fsp3) is 0.467. The molecule has 0 aliphatic carbocycles. The summed E-state index contributed by atoms with van der Waals surface area (Å²) in [6.07, 6.45) is 5.41. The van der Waals surface area contributed by atoms with Gasteiger partial charge in [-0.25, -0.2) is 0 Å². The Kier molecular flexibility index (Phi) is 8.30. The van der Waals surface area contributed by atoms with E-state index in [-0.39, 0.29) is 10.9 Å². The van der Waals surface area contributed by atoms with Crippen molar-refractivity contribution in [3.63, 3.8) is 0 Å². The van der Waals surface area contributed by atoms with Crippen molar-refractivity contribution in [3.8, 4) is 0 Å². The van der Waals surface area contributed by atoms with Gasteiger partial charge in [0.15, 0.2) is 0 Å². The van der Waals surface area contributed by atoms with Gasteiger partial charge in [-0.2, -0.15) is 11.8 Å². The molecule has 0 saturated heterocycles. The zero-order valence-corrected chi connectivity index (χ0v) is 13.4. The van der Waals surface area contributed by atoms with Crippen LogP contribution in [-0.4, -0.2) is 29.4 Å². The van der Waals surface area contributed by atoms with Crippen LogP contribution in [0.25, 0.3) is 0 Å². The van der Waals surface area contributed by atoms with Crippen LogP contribution >= 0.6 is 24.0 Å². The molecule has 0 heterocycles. The van der Waals surface area contributed by atoms with Gasteiger partial charge in [-0.15, -0.1) is 0 Å². The largest absolute Gasteiger partial charge is 0.392 e. The zero-order chi connectivity index (χ0) is 14.8. The maximum Gasteiger partial charge on any atom is 0.234 e. The number of benzene rings is 1. The average molecular weight is 310 g/mol. The molecule has 0 aromatic heterocycles. The zero-order valence-electron chi connectivity index (χ0n) is 11.8. The standard InChI is InChI=1S/C15H22N2OS2/c1-20-11-7-3-6-10-17-15(18)13(14(16)19)12-8-4-2-5-9-12/h2,4-5,8-9,13H,3,6-7,10-11H2,1H3,(H2,16,19)(H,17,18). The monoisotopic (exact) mass is 310 g/mol. The van der Waals surface area contributed by atoms with E-state index in [1.165, 1.54) is 12.2 Å². The number of amides is 1. The van der Waals surface area contributed by atoms with Crippen molar-refractivity contribution in [1.29, 1.82) is 0 Å². The third kappa shape index (κ3) is 5.92. The second kappa shape index (κ2) is 9.77. The first-order chi connectivity index (χ1) is 9.66. The lowest BCUT2D eigenvalue weighted by Gasteiger charge is -2.15. The maximum absolute atomic E-state index is 12.2. The first-order valence-electron chi connectivity index (χ1n) is 6.77. The van der Waals surface area contributed by atoms with E-state index in [2.05, 4.69) is 11.6 Å². The molecule has 0 radical (unpaired) electrons. The van der Waals surface area contributed by atoms with Gasteiger partial charge in [-0.05, 0) is 30.4 Å². The molecule has 1 aromatic rings. The molecule has 20 heavy (non-hydrogen) atoms. The number of thioether (sulfide) groups is 1. The molecule has 0 fully saturated rings. The molecular formula is C15H22N2OS2. The van der Waals surface area contributed by atoms with E-state index in [4.69, 9.17) is 18.0 Å². The van der Waals surface area contributed by atoms with Crippen LogP contribution < -0.4 is 11.1 Å². The minimum Gasteiger partial charge on any atom is -0.392 e. The van der Waals surface area contributed by atoms with Gasteiger partial charge in [0.2, 0.25) is 5.91 Å². The maximum atomic E-state index is 12.2. The smallest absolute Gasteiger partial charge is 0.234 e. The molecule has 1 atom stereocenters. The number of carbonyl (C=O) groups is 1. The van der Waals surface area contributed by atoms with E-state index in [1.807, 2.05) is 42.1 Å². The van der Waals surface area contributed by atoms with Crippen LogP contribution in [0.1, 0.15) is 30.7 Å². The minimum atomic E-state index is -0.530. The van der Waals surface area contributed by atoms with Crippen molar-refractivity contribution in [2.24, 2.45) is 5.73 Å². The van der Waals surface area contributed by atoms with Crippen LogP contribution in [0, 0.1) is 0 Å². The second-order valence-corrected chi connectivity index (χ2v) is 6.05. The quantitative estimate of drug-likeness (QED) is 0.544. The average Bonchev–Trinajstić information content (AvgIpc) is 2.43. The van der Waals surface area contributed by atoms with E-state index in [1.54, 1.807) is 0 Å². The van der Waals surface area contributed by atoms with Crippen LogP contribution in [0.5, 0.6) is 0 Å². The van der Waals surface area contributed by atoms with E-state index in [0.29, 0.717) is 6.54 Å². The first-order valence-corrected chi connectivity index (χ1v) is 8.58. The number of rotatable bonds is 9. The van der Waals surface area contributed by atoms with E-state index in [9.17, 15) is 4.79 Å². The van der Waals surface area contributed by atoms with Crippen LogP contribution in [0.4, 0.5) is 0 Å². The molecule has 0 aliphatic heterocycles. The van der Waals surface area contributed by atoms with Gasteiger partial charge in [0.25, 0.3) is 0 Å². The third-order valence-electron chi connectivity index (χ3n) is 3.00. The summed E-state index contributed by atoms with van der Waals surface area (Å²) in [5.41, 5.74) is 6.55. The fourth-order valence-corrected chi connectivity index (χ4v) is 2.69. The van der Waals surface area contributed by atoms with Crippen LogP contribution in [0.15, 0.2) is 30.3 Å². The topological polar surface area (TPSA) is 55.1 Å². The van der Waals surface area contributed by atoms with Crippen LogP contribution in [0.3, 0.4) is 0 Å². The Morgan fingerprint density at radius 1 is 1.30 bits per heavy atom. The molecule has 1 aromatic carbocycles. The molecule has 3 nitrogen and oxygen atoms in total. The molecule has 5 heteroatoms. The Morgan fingerprint density at radius 3 is 2.60 bits per heavy atom. The number of hydrogen-bond acceptors (Lipinski definition) is 3. The lowest BCUT2D eigenvalue weighted by Crippen LogP contribution is -2.36. The Morgan fingerprint density at radius 2 is 2.00 bits per heavy atom. The number of nitrogens with two attached hydrogens (primary N) is 1. The summed E-state index contributed by atoms with van der Waals surface area (Å²) in [6.45, 7) is 0.680. The van der Waals surface area contributed by atoms with Crippen LogP contribution in [-0.2, 0) is 4.79 Å². The summed E-state index contributed by atoms with van der Waals surface area (Å²) in [4.78, 5) is 12.4. The third-order valence-corrected chi connectivity index (χ3v) is 3.94. The van der Waals surface area contributed by atoms with Crippen molar-refractivity contribution in [1.82, 2.24) is 5.32 Å². The van der Waals surface area contributed by atoms with Gasteiger partial charge in [0.1, 0.15) is 5.92 Å². The number of thiocarbonyl (C=S) groups is 1. The molecule has 3 N–H and O–H groups in total. The number of unbranched alkanes of at least 4 members (excludes halogenated alkanes) is 2. The predicted octanol–water partition coefficient (Wildman–Crippen LogP) is 2.71. The van der Waals surface area contributed by atoms with Gasteiger partial charge in [0, 0.05) is 6.54 Å². The van der Waals surface area contributed by atoms with Crippen molar-refractivity contribution in [2.75, 3.05) is 18.6 Å². The summed E-state index contributed by atoms with van der Waals surface area (Å²) in [5.74, 6) is 0.541. The lowest BCUT2D eigenvalue weighted by molar-refractivity contribution is -0.121. The molecule has 1 rings (SSSR count). The van der Waals surface area contributed by atoms with Crippen molar-refractivity contribution >= 4 is 34.9 Å². The minimum absolute atomic E-state index is 0.103. The Labute approximate surface area is 130 Å². The Hall–Kier alpha value is -1.07. The van der Waals surface area contributed by atoms with Crippen molar-refractivity contribution in [3.05, 3.63) is 35.9 Å². The molecule has 1 amide bonds. The second-order valence-electron chi connectivity index (χ2n) is 4.59. The van der Waals surface area contributed by atoms with Gasteiger partial charge in [0.05, 0.1) is 4.99 Å². The molecule has 0 saturated carbocycles. The summed E-state index contributed by atoms with van der Waals surface area (Å²) >= 11 is 6.88. The van der Waals surface area contributed by atoms with Gasteiger partial charge >= 0.3 is 0 Å². The number of carbonyl (C=O) groups excluding carboxylic acids is 1. The van der Waals surface area contributed by atoms with E-state index >= 15 is 0 Å². The SMILES string of the molecule is CSCCCCCNC(=O)C(C(N)=S)c1ccccc1. The highest BCUT2D eigenvalue weighted by Gasteiger charge is 2.22. The number of nitrogens with one attached hydrogen (secondary N) is 1. The van der Waals surface area contributed by atoms with E-state index < -0.39 is 5.92 Å². The van der Waals surface area contributed by atoms with Gasteiger partial charge in [-0.1, -0.05) is 49.0 Å². The predicted molar refractivity (Wildman–Crippen MR) is 91.2 cm³/mol. The van der Waals surface area contributed by atoms with Crippen LogP contribution in [0.2, 0.25) is 0 Å². The fourth-order valence-electron chi connectivity index (χ4n) is 1.95. The highest BCUT2D eigenvalue weighted by Crippen LogP contribution is 2.16. The summed E-state index contributed by atoms with van der Waals surface area (Å²) < 4.78 is 0. The van der Waals surface area contributed by atoms with Gasteiger partial charge in [-0.3, -0.25) is 4.79 Å². The summed E-state index contributed by atoms with van der Waals surface area (Å²) in [5, 5.41) is 2.93. The first kappa shape index (κ1) is 17.0. The van der Waals surface area contributed by atoms with Gasteiger partial charge < -0.3 is 11.1 Å². The van der Waals surface area contributed by atoms with Crippen molar-refractivity contribution in [2.45, 2.75) is 25.2 Å². The molecule has 0 aliphatic rings.